The van der Waals surface area contributed by atoms with Crippen molar-refractivity contribution < 1.29 is 0 Å². The van der Waals surface area contributed by atoms with Crippen LogP contribution in [-0.2, 0) is 0 Å². The standard InChI is InChI=1S/C16H16ClN5/c1-11(20-16-18-8-3-9-19-16)15-10-22(12(2)21-15)14-6-4-13(17)5-7-14/h3-11H,1-2H3,(H,18,19,20)/t11-/m0/s1. The number of halogens is 1. The van der Waals surface area contributed by atoms with Gasteiger partial charge in [0.25, 0.3) is 0 Å². The van der Waals surface area contributed by atoms with Gasteiger partial charge < -0.3 is 9.88 Å². The third kappa shape index (κ3) is 3.09. The van der Waals surface area contributed by atoms with Gasteiger partial charge in [0.05, 0.1) is 11.7 Å². The molecule has 0 spiro atoms. The minimum atomic E-state index is 0.00894. The molecule has 0 aliphatic rings. The molecule has 0 bridgehead atoms. The van der Waals surface area contributed by atoms with Crippen LogP contribution in [0, 0.1) is 6.92 Å². The zero-order valence-electron chi connectivity index (χ0n) is 12.4. The first-order valence-electron chi connectivity index (χ1n) is 6.99. The lowest BCUT2D eigenvalue weighted by molar-refractivity contribution is 0.827. The highest BCUT2D eigenvalue weighted by Crippen LogP contribution is 2.20. The molecule has 3 aromatic rings. The van der Waals surface area contributed by atoms with Crippen LogP contribution in [0.25, 0.3) is 5.69 Å². The van der Waals surface area contributed by atoms with E-state index < -0.39 is 0 Å². The number of imidazole rings is 1. The Hall–Kier alpha value is -2.40. The van der Waals surface area contributed by atoms with Crippen molar-refractivity contribution in [2.45, 2.75) is 19.9 Å². The van der Waals surface area contributed by atoms with Crippen molar-refractivity contribution in [1.82, 2.24) is 19.5 Å². The molecule has 1 atom stereocenters. The van der Waals surface area contributed by atoms with Gasteiger partial charge in [-0.2, -0.15) is 0 Å². The Balaban J connectivity index is 1.84. The highest BCUT2D eigenvalue weighted by Gasteiger charge is 2.13. The van der Waals surface area contributed by atoms with E-state index in [1.807, 2.05) is 48.9 Å². The lowest BCUT2D eigenvalue weighted by Gasteiger charge is -2.10. The first-order chi connectivity index (χ1) is 10.6. The number of aryl methyl sites for hydroxylation is 1. The average Bonchev–Trinajstić information content (AvgIpc) is 2.91. The highest BCUT2D eigenvalue weighted by molar-refractivity contribution is 6.30. The SMILES string of the molecule is Cc1nc([C@H](C)Nc2ncccn2)cn1-c1ccc(Cl)cc1. The molecule has 0 saturated carbocycles. The lowest BCUT2D eigenvalue weighted by Crippen LogP contribution is -2.09. The minimum absolute atomic E-state index is 0.00894. The molecule has 1 N–H and O–H groups in total. The number of hydrogen-bond acceptors (Lipinski definition) is 4. The Kier molecular flexibility index (Phi) is 4.06. The zero-order valence-corrected chi connectivity index (χ0v) is 13.1. The van der Waals surface area contributed by atoms with Crippen molar-refractivity contribution in [2.75, 3.05) is 5.32 Å². The molecule has 112 valence electrons. The summed E-state index contributed by atoms with van der Waals surface area (Å²) in [6.07, 6.45) is 5.43. The third-order valence-electron chi connectivity index (χ3n) is 3.36. The van der Waals surface area contributed by atoms with Gasteiger partial charge in [-0.15, -0.1) is 0 Å². The fraction of sp³-hybridized carbons (Fsp3) is 0.188. The maximum absolute atomic E-state index is 5.94. The number of hydrogen-bond donors (Lipinski definition) is 1. The quantitative estimate of drug-likeness (QED) is 0.796. The lowest BCUT2D eigenvalue weighted by atomic mass is 10.2. The molecule has 6 heteroatoms. The van der Waals surface area contributed by atoms with E-state index >= 15 is 0 Å². The van der Waals surface area contributed by atoms with E-state index in [2.05, 4.69) is 20.3 Å². The van der Waals surface area contributed by atoms with E-state index in [9.17, 15) is 0 Å². The summed E-state index contributed by atoms with van der Waals surface area (Å²) in [5.74, 6) is 1.51. The first-order valence-corrected chi connectivity index (χ1v) is 7.36. The number of nitrogens with zero attached hydrogens (tertiary/aromatic N) is 4. The summed E-state index contributed by atoms with van der Waals surface area (Å²) < 4.78 is 2.04. The minimum Gasteiger partial charge on any atom is -0.346 e. The first kappa shape index (κ1) is 14.5. The molecular weight excluding hydrogens is 298 g/mol. The van der Waals surface area contributed by atoms with E-state index in [0.29, 0.717) is 5.95 Å². The Morgan fingerprint density at radius 3 is 2.50 bits per heavy atom. The molecule has 0 aliphatic carbocycles. The number of aromatic nitrogens is 4. The van der Waals surface area contributed by atoms with Gasteiger partial charge >= 0.3 is 0 Å². The maximum Gasteiger partial charge on any atom is 0.223 e. The Morgan fingerprint density at radius 2 is 1.82 bits per heavy atom. The summed E-state index contributed by atoms with van der Waals surface area (Å²) in [6, 6.07) is 9.48. The number of nitrogens with one attached hydrogen (secondary N) is 1. The summed E-state index contributed by atoms with van der Waals surface area (Å²) in [7, 11) is 0. The van der Waals surface area contributed by atoms with Crippen molar-refractivity contribution in [2.24, 2.45) is 0 Å². The second kappa shape index (κ2) is 6.15. The van der Waals surface area contributed by atoms with Crippen LogP contribution in [0.2, 0.25) is 5.02 Å². The van der Waals surface area contributed by atoms with Crippen LogP contribution in [0.5, 0.6) is 0 Å². The average molecular weight is 314 g/mol. The molecule has 0 aliphatic heterocycles. The smallest absolute Gasteiger partial charge is 0.223 e. The van der Waals surface area contributed by atoms with Crippen molar-refractivity contribution in [3.8, 4) is 5.69 Å². The number of anilines is 1. The number of rotatable bonds is 4. The summed E-state index contributed by atoms with van der Waals surface area (Å²) in [5, 5.41) is 3.96. The molecule has 0 unspecified atom stereocenters. The summed E-state index contributed by atoms with van der Waals surface area (Å²) in [5.41, 5.74) is 1.96. The van der Waals surface area contributed by atoms with E-state index in [1.165, 1.54) is 0 Å². The van der Waals surface area contributed by atoms with Crippen molar-refractivity contribution in [1.29, 1.82) is 0 Å². The summed E-state index contributed by atoms with van der Waals surface area (Å²) in [6.45, 7) is 4.01. The van der Waals surface area contributed by atoms with Crippen LogP contribution in [-0.4, -0.2) is 19.5 Å². The van der Waals surface area contributed by atoms with Gasteiger partial charge in [0, 0.05) is 29.3 Å². The zero-order chi connectivity index (χ0) is 15.5. The Morgan fingerprint density at radius 1 is 1.14 bits per heavy atom. The molecule has 22 heavy (non-hydrogen) atoms. The third-order valence-corrected chi connectivity index (χ3v) is 3.61. The van der Waals surface area contributed by atoms with Gasteiger partial charge in [0.2, 0.25) is 5.95 Å². The fourth-order valence-corrected chi connectivity index (χ4v) is 2.33. The second-order valence-electron chi connectivity index (χ2n) is 5.00. The van der Waals surface area contributed by atoms with Gasteiger partial charge in [-0.25, -0.2) is 15.0 Å². The molecule has 0 radical (unpaired) electrons. The largest absolute Gasteiger partial charge is 0.346 e. The summed E-state index contributed by atoms with van der Waals surface area (Å²) >= 11 is 5.94. The molecule has 3 rings (SSSR count). The van der Waals surface area contributed by atoms with E-state index in [4.69, 9.17) is 11.6 Å². The van der Waals surface area contributed by atoms with Crippen LogP contribution in [0.4, 0.5) is 5.95 Å². The molecule has 2 heterocycles. The predicted molar refractivity (Wildman–Crippen MR) is 87.4 cm³/mol. The van der Waals surface area contributed by atoms with Gasteiger partial charge in [-0.05, 0) is 44.2 Å². The topological polar surface area (TPSA) is 55.6 Å². The van der Waals surface area contributed by atoms with Gasteiger partial charge in [0.15, 0.2) is 0 Å². The molecule has 0 amide bonds. The van der Waals surface area contributed by atoms with Gasteiger partial charge in [0.1, 0.15) is 5.82 Å². The second-order valence-corrected chi connectivity index (χ2v) is 5.43. The van der Waals surface area contributed by atoms with Gasteiger partial charge in [-0.3, -0.25) is 0 Å². The monoisotopic (exact) mass is 313 g/mol. The van der Waals surface area contributed by atoms with Crippen molar-refractivity contribution in [3.05, 3.63) is 65.5 Å². The van der Waals surface area contributed by atoms with Crippen LogP contribution < -0.4 is 5.32 Å². The molecule has 5 nitrogen and oxygen atoms in total. The summed E-state index contributed by atoms with van der Waals surface area (Å²) in [4.78, 5) is 13.0. The molecule has 1 aromatic carbocycles. The van der Waals surface area contributed by atoms with Crippen LogP contribution in [0.1, 0.15) is 24.5 Å². The molecule has 0 saturated heterocycles. The Bertz CT molecular complexity index is 752. The van der Waals surface area contributed by atoms with Crippen LogP contribution >= 0.6 is 11.6 Å². The Labute approximate surface area is 134 Å². The van der Waals surface area contributed by atoms with Crippen molar-refractivity contribution in [3.63, 3.8) is 0 Å². The normalized spacial score (nSPS) is 12.1. The van der Waals surface area contributed by atoms with E-state index in [-0.39, 0.29) is 6.04 Å². The molecule has 0 fully saturated rings. The molecular formula is C16H16ClN5. The van der Waals surface area contributed by atoms with Crippen LogP contribution in [0.15, 0.2) is 48.9 Å². The number of benzene rings is 1. The highest BCUT2D eigenvalue weighted by atomic mass is 35.5. The van der Waals surface area contributed by atoms with Crippen LogP contribution in [0.3, 0.4) is 0 Å². The van der Waals surface area contributed by atoms with E-state index in [1.54, 1.807) is 18.5 Å². The predicted octanol–water partition coefficient (Wildman–Crippen LogP) is 3.80. The van der Waals surface area contributed by atoms with Crippen molar-refractivity contribution >= 4 is 17.5 Å². The maximum atomic E-state index is 5.94. The molecule has 2 aromatic heterocycles. The van der Waals surface area contributed by atoms with Gasteiger partial charge in [-0.1, -0.05) is 11.6 Å². The fourth-order valence-electron chi connectivity index (χ4n) is 2.21. The van der Waals surface area contributed by atoms with E-state index in [0.717, 1.165) is 22.2 Å².